The second kappa shape index (κ2) is 6.76. The van der Waals surface area contributed by atoms with E-state index in [0.717, 1.165) is 19.3 Å². The summed E-state index contributed by atoms with van der Waals surface area (Å²) in [7, 11) is 0. The van der Waals surface area contributed by atoms with Crippen LogP contribution in [0.3, 0.4) is 0 Å². The fourth-order valence-electron chi connectivity index (χ4n) is 3.40. The lowest BCUT2D eigenvalue weighted by Gasteiger charge is -2.46. The number of piperidine rings is 1. The monoisotopic (exact) mass is 285 g/mol. The van der Waals surface area contributed by atoms with Gasteiger partial charge in [-0.15, -0.1) is 0 Å². The molecule has 1 fully saturated rings. The van der Waals surface area contributed by atoms with Gasteiger partial charge in [0.25, 0.3) is 0 Å². The maximum absolute atomic E-state index is 12.3. The molecule has 0 unspecified atom stereocenters. The molecule has 0 spiro atoms. The number of aliphatic hydroxyl groups is 1. The Morgan fingerprint density at radius 2 is 1.80 bits per heavy atom. The predicted molar refractivity (Wildman–Crippen MR) is 81.8 cm³/mol. The van der Waals surface area contributed by atoms with Crippen molar-refractivity contribution in [3.8, 4) is 0 Å². The van der Waals surface area contributed by atoms with Crippen molar-refractivity contribution in [2.45, 2.75) is 71.0 Å². The lowest BCUT2D eigenvalue weighted by atomic mass is 9.80. The Hall–Kier alpha value is -0.810. The third-order valence-electron chi connectivity index (χ3n) is 3.67. The minimum absolute atomic E-state index is 0.0105. The minimum atomic E-state index is -0.0561. The van der Waals surface area contributed by atoms with Crippen LogP contribution in [-0.4, -0.2) is 52.9 Å². The molecule has 118 valence electrons. The number of rotatable bonds is 5. The summed E-state index contributed by atoms with van der Waals surface area (Å²) in [5.41, 5.74) is 0.0402. The number of hydrogen-bond donors (Lipinski definition) is 3. The number of nitrogens with zero attached hydrogens (tertiary/aromatic N) is 1. The Balaban J connectivity index is 2.64. The van der Waals surface area contributed by atoms with Gasteiger partial charge in [0.15, 0.2) is 0 Å². The second-order valence-electron chi connectivity index (χ2n) is 7.16. The zero-order valence-electron chi connectivity index (χ0n) is 13.6. The van der Waals surface area contributed by atoms with Crippen molar-refractivity contribution in [2.24, 2.45) is 0 Å². The van der Waals surface area contributed by atoms with Gasteiger partial charge in [-0.3, -0.25) is 0 Å². The molecule has 20 heavy (non-hydrogen) atoms. The van der Waals surface area contributed by atoms with E-state index in [1.54, 1.807) is 4.90 Å². The molecule has 2 amide bonds. The zero-order valence-corrected chi connectivity index (χ0v) is 13.6. The Kier molecular flexibility index (Phi) is 5.83. The van der Waals surface area contributed by atoms with E-state index in [9.17, 15) is 4.79 Å². The van der Waals surface area contributed by atoms with Crippen LogP contribution in [0.5, 0.6) is 0 Å². The van der Waals surface area contributed by atoms with Gasteiger partial charge in [-0.1, -0.05) is 6.92 Å². The Morgan fingerprint density at radius 1 is 1.25 bits per heavy atom. The number of carbonyl (C=O) groups is 1. The standard InChI is InChI=1S/C15H31N3O2/c1-6-7-18(8-9-19)13(20)16-12-10-14(2,3)17-15(4,5)11-12/h12,17,19H,6-11H2,1-5H3,(H,16,20). The summed E-state index contributed by atoms with van der Waals surface area (Å²) >= 11 is 0. The van der Waals surface area contributed by atoms with Gasteiger partial charge in [-0.05, 0) is 47.0 Å². The average Bonchev–Trinajstić information content (AvgIpc) is 2.24. The highest BCUT2D eigenvalue weighted by Gasteiger charge is 2.38. The maximum atomic E-state index is 12.3. The third-order valence-corrected chi connectivity index (χ3v) is 3.67. The average molecular weight is 285 g/mol. The van der Waals surface area contributed by atoms with E-state index in [1.807, 2.05) is 6.92 Å². The van der Waals surface area contributed by atoms with Crippen molar-refractivity contribution < 1.29 is 9.90 Å². The summed E-state index contributed by atoms with van der Waals surface area (Å²) < 4.78 is 0. The summed E-state index contributed by atoms with van der Waals surface area (Å²) in [5.74, 6) is 0. The van der Waals surface area contributed by atoms with E-state index in [4.69, 9.17) is 5.11 Å². The molecule has 0 atom stereocenters. The summed E-state index contributed by atoms with van der Waals surface area (Å²) in [5, 5.41) is 15.8. The molecule has 0 aliphatic carbocycles. The first-order chi connectivity index (χ1) is 9.19. The van der Waals surface area contributed by atoms with E-state index >= 15 is 0 Å². The largest absolute Gasteiger partial charge is 0.395 e. The highest BCUT2D eigenvalue weighted by atomic mass is 16.3. The van der Waals surface area contributed by atoms with E-state index in [1.165, 1.54) is 0 Å². The molecule has 0 bridgehead atoms. The van der Waals surface area contributed by atoms with Crippen molar-refractivity contribution in [2.75, 3.05) is 19.7 Å². The first kappa shape index (κ1) is 17.2. The molecule has 1 heterocycles. The van der Waals surface area contributed by atoms with Crippen LogP contribution >= 0.6 is 0 Å². The number of amides is 2. The molecule has 3 N–H and O–H groups in total. The van der Waals surface area contributed by atoms with Crippen molar-refractivity contribution >= 4 is 6.03 Å². The molecular formula is C15H31N3O2. The molecule has 1 aliphatic rings. The molecule has 1 rings (SSSR count). The fourth-order valence-corrected chi connectivity index (χ4v) is 3.40. The van der Waals surface area contributed by atoms with E-state index in [-0.39, 0.29) is 29.8 Å². The lowest BCUT2D eigenvalue weighted by molar-refractivity contribution is 0.134. The van der Waals surface area contributed by atoms with Crippen LogP contribution in [0.4, 0.5) is 4.79 Å². The van der Waals surface area contributed by atoms with Crippen molar-refractivity contribution in [1.82, 2.24) is 15.5 Å². The molecule has 0 aromatic carbocycles. The summed E-state index contributed by atoms with van der Waals surface area (Å²) in [4.78, 5) is 14.0. The van der Waals surface area contributed by atoms with Gasteiger partial charge in [0.05, 0.1) is 6.61 Å². The van der Waals surface area contributed by atoms with Crippen LogP contribution in [0.2, 0.25) is 0 Å². The molecule has 0 radical (unpaired) electrons. The van der Waals surface area contributed by atoms with Crippen molar-refractivity contribution in [1.29, 1.82) is 0 Å². The maximum Gasteiger partial charge on any atom is 0.317 e. The van der Waals surface area contributed by atoms with Crippen molar-refractivity contribution in [3.63, 3.8) is 0 Å². The van der Waals surface area contributed by atoms with Gasteiger partial charge in [0.2, 0.25) is 0 Å². The van der Waals surface area contributed by atoms with Crippen LogP contribution in [0, 0.1) is 0 Å². The highest BCUT2D eigenvalue weighted by Crippen LogP contribution is 2.28. The minimum Gasteiger partial charge on any atom is -0.395 e. The van der Waals surface area contributed by atoms with E-state index < -0.39 is 0 Å². The zero-order chi connectivity index (χ0) is 15.4. The number of nitrogens with one attached hydrogen (secondary N) is 2. The number of aliphatic hydroxyl groups excluding tert-OH is 1. The van der Waals surface area contributed by atoms with Gasteiger partial charge in [-0.25, -0.2) is 4.79 Å². The Labute approximate surface area is 123 Å². The van der Waals surface area contributed by atoms with Gasteiger partial charge in [-0.2, -0.15) is 0 Å². The van der Waals surface area contributed by atoms with Gasteiger partial charge in [0, 0.05) is 30.2 Å². The number of urea groups is 1. The molecule has 0 saturated carbocycles. The van der Waals surface area contributed by atoms with Gasteiger partial charge >= 0.3 is 6.03 Å². The van der Waals surface area contributed by atoms with Crippen LogP contribution in [0.25, 0.3) is 0 Å². The Morgan fingerprint density at radius 3 is 2.25 bits per heavy atom. The van der Waals surface area contributed by atoms with E-state index in [0.29, 0.717) is 13.1 Å². The molecule has 1 saturated heterocycles. The normalized spacial score (nSPS) is 21.5. The van der Waals surface area contributed by atoms with E-state index in [2.05, 4.69) is 38.3 Å². The fraction of sp³-hybridized carbons (Fsp3) is 0.933. The molecule has 1 aliphatic heterocycles. The quantitative estimate of drug-likeness (QED) is 0.720. The first-order valence-electron chi connectivity index (χ1n) is 7.65. The molecule has 0 aromatic heterocycles. The molecule has 5 nitrogen and oxygen atoms in total. The summed E-state index contributed by atoms with van der Waals surface area (Å²) in [6.07, 6.45) is 2.74. The number of carbonyl (C=O) groups excluding carboxylic acids is 1. The highest BCUT2D eigenvalue weighted by molar-refractivity contribution is 5.74. The van der Waals surface area contributed by atoms with Crippen LogP contribution in [0.15, 0.2) is 0 Å². The third kappa shape index (κ3) is 5.29. The summed E-state index contributed by atoms with van der Waals surface area (Å²) in [6.45, 7) is 11.8. The van der Waals surface area contributed by atoms with Gasteiger partial charge in [0.1, 0.15) is 0 Å². The molecule has 0 aromatic rings. The first-order valence-corrected chi connectivity index (χ1v) is 7.65. The van der Waals surface area contributed by atoms with Crippen molar-refractivity contribution in [3.05, 3.63) is 0 Å². The molecular weight excluding hydrogens is 254 g/mol. The topological polar surface area (TPSA) is 64.6 Å². The SMILES string of the molecule is CCCN(CCO)C(=O)NC1CC(C)(C)NC(C)(C)C1. The second-order valence-corrected chi connectivity index (χ2v) is 7.16. The Bertz CT molecular complexity index is 307. The lowest BCUT2D eigenvalue weighted by Crippen LogP contribution is -2.63. The van der Waals surface area contributed by atoms with Gasteiger partial charge < -0.3 is 20.6 Å². The smallest absolute Gasteiger partial charge is 0.317 e. The molecule has 5 heteroatoms. The number of hydrogen-bond acceptors (Lipinski definition) is 3. The van der Waals surface area contributed by atoms with Crippen LogP contribution < -0.4 is 10.6 Å². The van der Waals surface area contributed by atoms with Crippen LogP contribution in [0.1, 0.15) is 53.9 Å². The predicted octanol–water partition coefficient (Wildman–Crippen LogP) is 1.71. The van der Waals surface area contributed by atoms with Crippen LogP contribution in [-0.2, 0) is 0 Å². The summed E-state index contributed by atoms with van der Waals surface area (Å²) in [6, 6.07) is 0.117.